The first-order valence-electron chi connectivity index (χ1n) is 17.8. The fourth-order valence-corrected chi connectivity index (χ4v) is 8.22. The average Bonchev–Trinajstić information content (AvgIpc) is 3.58. The molecule has 0 radical (unpaired) electrons. The maximum absolute atomic E-state index is 13.4. The molecule has 304 valence electrons. The van der Waals surface area contributed by atoms with E-state index in [4.69, 9.17) is 11.5 Å². The zero-order valence-corrected chi connectivity index (χ0v) is 31.2. The minimum Gasteiger partial charge on any atom is -0.382 e. The van der Waals surface area contributed by atoms with E-state index in [1.807, 2.05) is 26.2 Å². The molecule has 2 atom stereocenters. The van der Waals surface area contributed by atoms with Crippen molar-refractivity contribution in [2.75, 3.05) is 62.4 Å². The number of amides is 2. The fraction of sp³-hybridized carbons (Fsp3) is 0.421. The van der Waals surface area contributed by atoms with Crippen LogP contribution in [-0.2, 0) is 11.3 Å². The summed E-state index contributed by atoms with van der Waals surface area (Å²) in [5.74, 6) is -0.139. The van der Waals surface area contributed by atoms with Crippen molar-refractivity contribution in [2.24, 2.45) is 0 Å². The van der Waals surface area contributed by atoms with E-state index in [0.29, 0.717) is 48.4 Å². The number of likely N-dealkylation sites (N-methyl/N-ethyl adjacent to an activating group) is 2. The van der Waals surface area contributed by atoms with Gasteiger partial charge in [0.1, 0.15) is 81.6 Å². The van der Waals surface area contributed by atoms with Crippen LogP contribution in [0.3, 0.4) is 0 Å². The Morgan fingerprint density at radius 1 is 0.690 bits per heavy atom. The highest BCUT2D eigenvalue weighted by Gasteiger charge is 2.48. The molecule has 20 nitrogen and oxygen atoms in total. The van der Waals surface area contributed by atoms with Crippen LogP contribution in [0.25, 0.3) is 0 Å². The number of piperidine rings is 2. The number of nitrogens with one attached hydrogen (secondary N) is 4. The second-order valence-corrected chi connectivity index (χ2v) is 14.6. The Balaban J connectivity index is 0.000000214. The van der Waals surface area contributed by atoms with Crippen LogP contribution in [0.1, 0.15) is 83.8 Å². The summed E-state index contributed by atoms with van der Waals surface area (Å²) >= 11 is 0. The quantitative estimate of drug-likeness (QED) is 0.172. The molecule has 2 saturated heterocycles. The summed E-state index contributed by atoms with van der Waals surface area (Å²) < 4.78 is 3.11. The van der Waals surface area contributed by atoms with Gasteiger partial charge in [-0.25, -0.2) is 19.9 Å². The Kier molecular flexibility index (Phi) is 11.6. The Bertz CT molecular complexity index is 2350. The lowest BCUT2D eigenvalue weighted by atomic mass is 9.98. The van der Waals surface area contributed by atoms with Crippen molar-refractivity contribution in [3.63, 3.8) is 0 Å². The largest absolute Gasteiger partial charge is 0.382 e. The van der Waals surface area contributed by atoms with Gasteiger partial charge in [0.15, 0.2) is 11.6 Å². The van der Waals surface area contributed by atoms with Crippen molar-refractivity contribution in [2.45, 2.75) is 65.7 Å². The minimum absolute atomic E-state index is 0. The van der Waals surface area contributed by atoms with Crippen LogP contribution in [0.2, 0.25) is 0 Å². The fourth-order valence-electron chi connectivity index (χ4n) is 8.22. The highest BCUT2D eigenvalue weighted by atomic mass is 16.2. The van der Waals surface area contributed by atoms with Gasteiger partial charge in [-0.1, -0.05) is 14.9 Å². The molecule has 0 bridgehead atoms. The third-order valence-electron chi connectivity index (χ3n) is 10.6. The van der Waals surface area contributed by atoms with Crippen LogP contribution >= 0.6 is 0 Å². The number of nitrogens with zero attached hydrogens (tertiary/aromatic N) is 10. The molecule has 58 heavy (non-hydrogen) atoms. The molecule has 0 aromatic carbocycles. The highest BCUT2D eigenvalue weighted by Crippen LogP contribution is 2.34. The Labute approximate surface area is 334 Å². The lowest BCUT2D eigenvalue weighted by molar-refractivity contribution is 0.0747. The number of fused-ring (bicyclic) bond motifs is 4. The van der Waals surface area contributed by atoms with Crippen molar-refractivity contribution in [1.29, 1.82) is 10.5 Å². The van der Waals surface area contributed by atoms with Crippen molar-refractivity contribution >= 4 is 46.5 Å². The molecule has 2 spiro atoms. The normalized spacial score (nSPS) is 20.5. The van der Waals surface area contributed by atoms with Gasteiger partial charge in [-0.05, 0) is 90.0 Å². The molecule has 4 aliphatic rings. The van der Waals surface area contributed by atoms with Crippen LogP contribution in [0.4, 0.5) is 34.6 Å². The number of carbonyl (C=O) groups excluding carboxylic acids is 2. The molecular weight excluding hydrogens is 745 g/mol. The molecule has 0 aliphatic carbocycles. The molecular formula is C38H48N16O4. The van der Waals surface area contributed by atoms with Crippen molar-refractivity contribution in [3.8, 4) is 12.1 Å². The number of pyridine rings is 2. The number of carbonyl (C=O) groups is 2. The number of rotatable bonds is 4. The molecule has 4 aromatic heterocycles. The summed E-state index contributed by atoms with van der Waals surface area (Å²) in [6.07, 6.45) is 5.50. The number of likely N-dealkylation sites (tertiary alicyclic amines) is 2. The molecule has 2 amide bonds. The molecule has 20 heteroatoms. The third kappa shape index (κ3) is 7.03. The van der Waals surface area contributed by atoms with Crippen LogP contribution < -0.4 is 43.9 Å². The number of aryl methyl sites for hydroxylation is 2. The molecule has 8 heterocycles. The predicted molar refractivity (Wildman–Crippen MR) is 218 cm³/mol. The second-order valence-electron chi connectivity index (χ2n) is 14.6. The van der Waals surface area contributed by atoms with E-state index in [9.17, 15) is 29.7 Å². The average molecular weight is 793 g/mol. The Morgan fingerprint density at radius 2 is 1.07 bits per heavy atom. The first-order chi connectivity index (χ1) is 26.7. The first kappa shape index (κ1) is 42.2. The van der Waals surface area contributed by atoms with Crippen LogP contribution in [0.5, 0.6) is 0 Å². The van der Waals surface area contributed by atoms with E-state index in [1.54, 1.807) is 35.1 Å². The summed E-state index contributed by atoms with van der Waals surface area (Å²) in [4.78, 5) is 71.9. The van der Waals surface area contributed by atoms with Gasteiger partial charge in [0, 0.05) is 13.1 Å². The molecule has 8 rings (SSSR count). The SMILES string of the molecule is C.C.Cc1cc(Nc2ncnc(N)c2C#N)c(=O)n2c1C(=O)N[C@@]21CCCN(C)C1.Cc1cc(Nc2ncnc(N)c2C#N)c(=O)n2c1C(=O)N[C@]21CCCN(C)C1. The summed E-state index contributed by atoms with van der Waals surface area (Å²) in [5, 5.41) is 30.5. The molecule has 0 saturated carbocycles. The summed E-state index contributed by atoms with van der Waals surface area (Å²) in [6.45, 7) is 6.45. The van der Waals surface area contributed by atoms with Gasteiger partial charge in [0.25, 0.3) is 22.9 Å². The van der Waals surface area contributed by atoms with Gasteiger partial charge in [0.05, 0.1) is 0 Å². The number of nitrogen functional groups attached to an aromatic ring is 2. The number of nitriles is 2. The topological polar surface area (TPSA) is 284 Å². The van der Waals surface area contributed by atoms with Gasteiger partial charge in [0.2, 0.25) is 0 Å². The smallest absolute Gasteiger partial charge is 0.276 e. The van der Waals surface area contributed by atoms with E-state index in [1.165, 1.54) is 12.7 Å². The predicted octanol–water partition coefficient (Wildman–Crippen LogP) is 1.80. The summed E-state index contributed by atoms with van der Waals surface area (Å²) in [7, 11) is 3.93. The zero-order chi connectivity index (χ0) is 40.1. The molecule has 2 fully saturated rings. The number of hydrogen-bond donors (Lipinski definition) is 6. The van der Waals surface area contributed by atoms with Gasteiger partial charge in [-0.2, -0.15) is 10.5 Å². The van der Waals surface area contributed by atoms with Crippen molar-refractivity contribution < 1.29 is 9.59 Å². The first-order valence-corrected chi connectivity index (χ1v) is 17.8. The maximum Gasteiger partial charge on any atom is 0.276 e. The van der Waals surface area contributed by atoms with Gasteiger partial charge in [-0.15, -0.1) is 0 Å². The second kappa shape index (κ2) is 15.9. The summed E-state index contributed by atoms with van der Waals surface area (Å²) in [5.41, 5.74) is 11.8. The number of nitrogens with two attached hydrogens (primary N) is 2. The van der Waals surface area contributed by atoms with Crippen molar-refractivity contribution in [1.82, 2.24) is 49.5 Å². The Morgan fingerprint density at radius 3 is 1.41 bits per heavy atom. The van der Waals surface area contributed by atoms with E-state index in [2.05, 4.69) is 51.0 Å². The molecule has 4 aliphatic heterocycles. The molecule has 0 unspecified atom stereocenters. The van der Waals surface area contributed by atoms with Gasteiger partial charge in [-0.3, -0.25) is 28.3 Å². The van der Waals surface area contributed by atoms with Crippen LogP contribution in [-0.4, -0.2) is 91.0 Å². The van der Waals surface area contributed by atoms with E-state index in [0.717, 1.165) is 25.9 Å². The standard InChI is InChI=1S/2C18H20N8O2.2CH4/c2*1-10-6-12(23-15-11(7-19)14(20)21-9-22-15)17(28)26-13(10)16(27)24-18(26)4-3-5-25(2)8-18;;/h2*6,9H,3-5,8H2,1-2H3,(H,24,27)(H3,20,21,22,23);2*1H4/t2*18-;;/m10../s1. The minimum atomic E-state index is -0.776. The van der Waals surface area contributed by atoms with E-state index >= 15 is 0 Å². The van der Waals surface area contributed by atoms with E-state index in [-0.39, 0.29) is 83.6 Å². The van der Waals surface area contributed by atoms with Gasteiger partial charge >= 0.3 is 0 Å². The lowest BCUT2D eigenvalue weighted by Gasteiger charge is -2.39. The number of hydrogen-bond acceptors (Lipinski definition) is 16. The maximum atomic E-state index is 13.4. The number of aromatic nitrogens is 6. The molecule has 8 N–H and O–H groups in total. The Hall–Kier alpha value is -6.90. The molecule has 4 aromatic rings. The summed E-state index contributed by atoms with van der Waals surface area (Å²) in [6, 6.07) is 7.08. The van der Waals surface area contributed by atoms with Crippen molar-refractivity contribution in [3.05, 3.63) is 79.1 Å². The van der Waals surface area contributed by atoms with E-state index < -0.39 is 11.3 Å². The highest BCUT2D eigenvalue weighted by molar-refractivity contribution is 5.98. The monoisotopic (exact) mass is 792 g/mol. The number of anilines is 6. The van der Waals surface area contributed by atoms with Crippen LogP contribution in [0.15, 0.2) is 34.4 Å². The third-order valence-corrected chi connectivity index (χ3v) is 10.6. The van der Waals surface area contributed by atoms with Crippen LogP contribution in [0, 0.1) is 36.5 Å². The van der Waals surface area contributed by atoms with Gasteiger partial charge < -0.3 is 42.5 Å². The zero-order valence-electron chi connectivity index (χ0n) is 31.2. The lowest BCUT2D eigenvalue weighted by Crippen LogP contribution is -2.57.